The highest BCUT2D eigenvalue weighted by atomic mass is 16.5. The summed E-state index contributed by atoms with van der Waals surface area (Å²) in [6.07, 6.45) is 0.779. The Morgan fingerprint density at radius 1 is 1.23 bits per heavy atom. The summed E-state index contributed by atoms with van der Waals surface area (Å²) in [7, 11) is 3.30. The number of ether oxygens (including phenoxy) is 2. The van der Waals surface area contributed by atoms with Crippen LogP contribution in [0, 0.1) is 0 Å². The lowest BCUT2D eigenvalue weighted by Gasteiger charge is -2.29. The smallest absolute Gasteiger partial charge is 0.255 e. The molecule has 6 heteroatoms. The highest BCUT2D eigenvalue weighted by Crippen LogP contribution is 2.27. The van der Waals surface area contributed by atoms with Gasteiger partial charge in [-0.15, -0.1) is 0 Å². The fourth-order valence-electron chi connectivity index (χ4n) is 3.19. The van der Waals surface area contributed by atoms with Crippen LogP contribution in [0.4, 0.5) is 0 Å². The first-order chi connectivity index (χ1) is 12.3. The summed E-state index contributed by atoms with van der Waals surface area (Å²) in [5, 5.41) is 0. The number of methoxy groups -OCH3 is 2. The summed E-state index contributed by atoms with van der Waals surface area (Å²) in [6.45, 7) is 8.35. The number of hydrogen-bond donors (Lipinski definition) is 1. The van der Waals surface area contributed by atoms with E-state index >= 15 is 0 Å². The Balaban J connectivity index is 1.82. The molecule has 0 radical (unpaired) electrons. The molecule has 0 unspecified atom stereocenters. The second kappa shape index (κ2) is 7.11. The Labute approximate surface area is 154 Å². The number of hydrogen-bond acceptors (Lipinski definition) is 5. The quantitative estimate of drug-likeness (QED) is 0.911. The van der Waals surface area contributed by atoms with Gasteiger partial charge in [0.25, 0.3) is 5.56 Å². The minimum Gasteiger partial charge on any atom is -0.497 e. The first-order valence-electron chi connectivity index (χ1n) is 8.87. The van der Waals surface area contributed by atoms with Crippen LogP contribution in [0.3, 0.4) is 0 Å². The van der Waals surface area contributed by atoms with Crippen LogP contribution in [0.1, 0.15) is 43.4 Å². The molecule has 0 saturated heterocycles. The number of aromatic amines is 1. The molecule has 26 heavy (non-hydrogen) atoms. The molecular formula is C20H27N3O3. The van der Waals surface area contributed by atoms with Crippen molar-refractivity contribution < 1.29 is 9.47 Å². The number of H-pyrrole nitrogens is 1. The highest BCUT2D eigenvalue weighted by Gasteiger charge is 2.25. The van der Waals surface area contributed by atoms with Gasteiger partial charge in [-0.05, 0) is 6.07 Å². The van der Waals surface area contributed by atoms with E-state index in [2.05, 4.69) is 30.7 Å². The summed E-state index contributed by atoms with van der Waals surface area (Å²) in [5.74, 6) is 2.32. The van der Waals surface area contributed by atoms with E-state index in [1.165, 1.54) is 0 Å². The van der Waals surface area contributed by atoms with Gasteiger partial charge in [-0.3, -0.25) is 9.69 Å². The summed E-state index contributed by atoms with van der Waals surface area (Å²) in [6, 6.07) is 5.83. The first kappa shape index (κ1) is 18.5. The molecule has 2 heterocycles. The molecule has 0 fully saturated rings. The third kappa shape index (κ3) is 3.75. The maximum absolute atomic E-state index is 12.6. The molecule has 0 bridgehead atoms. The topological polar surface area (TPSA) is 67.5 Å². The van der Waals surface area contributed by atoms with Crippen molar-refractivity contribution >= 4 is 0 Å². The van der Waals surface area contributed by atoms with Crippen LogP contribution in [0.15, 0.2) is 23.0 Å². The molecule has 0 saturated carbocycles. The molecule has 1 aliphatic heterocycles. The fraction of sp³-hybridized carbons (Fsp3) is 0.500. The Kier molecular flexibility index (Phi) is 5.05. The van der Waals surface area contributed by atoms with Gasteiger partial charge in [0.15, 0.2) is 0 Å². The average molecular weight is 357 g/mol. The minimum absolute atomic E-state index is 0.0219. The normalized spacial score (nSPS) is 14.8. The van der Waals surface area contributed by atoms with E-state index in [9.17, 15) is 4.79 Å². The Bertz CT molecular complexity index is 852. The number of nitrogens with one attached hydrogen (secondary N) is 1. The van der Waals surface area contributed by atoms with Gasteiger partial charge in [0.05, 0.1) is 25.5 Å². The maximum Gasteiger partial charge on any atom is 0.255 e. The van der Waals surface area contributed by atoms with Crippen LogP contribution in [0.2, 0.25) is 0 Å². The number of fused-ring (bicyclic) bond motifs is 1. The third-order valence-corrected chi connectivity index (χ3v) is 4.75. The summed E-state index contributed by atoms with van der Waals surface area (Å²) in [5.41, 5.74) is 2.59. The molecule has 140 valence electrons. The SMILES string of the molecule is COc1ccc(CN2CCc3nc(C(C)(C)C)[nH]c(=O)c3C2)c(OC)c1. The van der Waals surface area contributed by atoms with Crippen LogP contribution in [0.25, 0.3) is 0 Å². The Hall–Kier alpha value is -2.34. The van der Waals surface area contributed by atoms with Gasteiger partial charge < -0.3 is 14.5 Å². The molecule has 6 nitrogen and oxygen atoms in total. The van der Waals surface area contributed by atoms with Gasteiger partial charge in [-0.1, -0.05) is 26.8 Å². The molecule has 0 aliphatic carbocycles. The zero-order chi connectivity index (χ0) is 18.9. The lowest BCUT2D eigenvalue weighted by atomic mass is 9.95. The van der Waals surface area contributed by atoms with Crippen molar-refractivity contribution in [1.29, 1.82) is 0 Å². The standard InChI is InChI=1S/C20H27N3O3/c1-20(2,3)19-21-16-8-9-23(12-15(16)18(24)22-19)11-13-6-7-14(25-4)10-17(13)26-5/h6-7,10H,8-9,11-12H2,1-5H3,(H,21,22,24). The van der Waals surface area contributed by atoms with Crippen LogP contribution in [0.5, 0.6) is 11.5 Å². The van der Waals surface area contributed by atoms with Gasteiger partial charge in [-0.25, -0.2) is 4.98 Å². The molecule has 0 atom stereocenters. The average Bonchev–Trinajstić information content (AvgIpc) is 2.61. The zero-order valence-electron chi connectivity index (χ0n) is 16.2. The molecule has 0 spiro atoms. The molecule has 1 aromatic carbocycles. The van der Waals surface area contributed by atoms with Gasteiger partial charge in [0.1, 0.15) is 17.3 Å². The summed E-state index contributed by atoms with van der Waals surface area (Å²) < 4.78 is 10.7. The first-order valence-corrected chi connectivity index (χ1v) is 8.87. The van der Waals surface area contributed by atoms with E-state index in [0.717, 1.165) is 47.1 Å². The van der Waals surface area contributed by atoms with Crippen molar-refractivity contribution in [1.82, 2.24) is 14.9 Å². The molecular weight excluding hydrogens is 330 g/mol. The van der Waals surface area contributed by atoms with Crippen LogP contribution < -0.4 is 15.0 Å². The van der Waals surface area contributed by atoms with Crippen LogP contribution in [-0.2, 0) is 24.9 Å². The third-order valence-electron chi connectivity index (χ3n) is 4.75. The molecule has 1 aliphatic rings. The molecule has 1 N–H and O–H groups in total. The van der Waals surface area contributed by atoms with Crippen molar-refractivity contribution in [2.75, 3.05) is 20.8 Å². The van der Waals surface area contributed by atoms with Crippen molar-refractivity contribution in [2.45, 2.75) is 45.7 Å². The van der Waals surface area contributed by atoms with E-state index in [-0.39, 0.29) is 11.0 Å². The van der Waals surface area contributed by atoms with Gasteiger partial charge in [-0.2, -0.15) is 0 Å². The van der Waals surface area contributed by atoms with Crippen molar-refractivity contribution in [3.63, 3.8) is 0 Å². The summed E-state index contributed by atoms with van der Waals surface area (Å²) >= 11 is 0. The molecule has 1 aromatic heterocycles. The monoisotopic (exact) mass is 357 g/mol. The minimum atomic E-state index is -0.165. The van der Waals surface area contributed by atoms with Gasteiger partial charge in [0.2, 0.25) is 0 Å². The highest BCUT2D eigenvalue weighted by molar-refractivity contribution is 5.40. The van der Waals surface area contributed by atoms with E-state index in [1.807, 2.05) is 18.2 Å². The Morgan fingerprint density at radius 3 is 2.65 bits per heavy atom. The Morgan fingerprint density at radius 2 is 2.00 bits per heavy atom. The van der Waals surface area contributed by atoms with Crippen molar-refractivity contribution in [3.05, 3.63) is 51.2 Å². The maximum atomic E-state index is 12.6. The van der Waals surface area contributed by atoms with Crippen LogP contribution >= 0.6 is 0 Å². The zero-order valence-corrected chi connectivity index (χ0v) is 16.2. The predicted molar refractivity (Wildman–Crippen MR) is 101 cm³/mol. The number of benzene rings is 1. The van der Waals surface area contributed by atoms with E-state index in [0.29, 0.717) is 13.1 Å². The number of rotatable bonds is 4. The van der Waals surface area contributed by atoms with E-state index < -0.39 is 0 Å². The molecule has 0 amide bonds. The van der Waals surface area contributed by atoms with E-state index in [1.54, 1.807) is 14.2 Å². The predicted octanol–water partition coefficient (Wildman–Crippen LogP) is 2.64. The number of aromatic nitrogens is 2. The lowest BCUT2D eigenvalue weighted by Crippen LogP contribution is -2.37. The van der Waals surface area contributed by atoms with Crippen molar-refractivity contribution in [2.24, 2.45) is 0 Å². The fourth-order valence-corrected chi connectivity index (χ4v) is 3.19. The number of nitrogens with zero attached hydrogens (tertiary/aromatic N) is 2. The van der Waals surface area contributed by atoms with E-state index in [4.69, 9.17) is 14.5 Å². The molecule has 2 aromatic rings. The molecule has 3 rings (SSSR count). The lowest BCUT2D eigenvalue weighted by molar-refractivity contribution is 0.237. The summed E-state index contributed by atoms with van der Waals surface area (Å²) in [4.78, 5) is 22.5. The van der Waals surface area contributed by atoms with Gasteiger partial charge in [0, 0.05) is 43.1 Å². The van der Waals surface area contributed by atoms with Crippen molar-refractivity contribution in [3.8, 4) is 11.5 Å². The van der Waals surface area contributed by atoms with Gasteiger partial charge >= 0.3 is 0 Å². The second-order valence-electron chi connectivity index (χ2n) is 7.73. The van der Waals surface area contributed by atoms with Crippen LogP contribution in [-0.4, -0.2) is 35.6 Å². The largest absolute Gasteiger partial charge is 0.497 e. The second-order valence-corrected chi connectivity index (χ2v) is 7.73.